The Hall–Kier alpha value is -2.40. The third-order valence-electron chi connectivity index (χ3n) is 3.97. The number of rotatable bonds is 10. The molecule has 0 amide bonds. The van der Waals surface area contributed by atoms with Gasteiger partial charge in [0.05, 0.1) is 41.7 Å². The fourth-order valence-electron chi connectivity index (χ4n) is 2.55. The van der Waals surface area contributed by atoms with Crippen molar-refractivity contribution in [1.82, 2.24) is 0 Å². The molecule has 0 spiro atoms. The largest absolute Gasteiger partial charge is 0.493 e. The quantitative estimate of drug-likeness (QED) is 0.616. The molecule has 5 nitrogen and oxygen atoms in total. The van der Waals surface area contributed by atoms with Crippen LogP contribution in [0, 0.1) is 0 Å². The van der Waals surface area contributed by atoms with Gasteiger partial charge >= 0.3 is 0 Å². The highest BCUT2D eigenvalue weighted by molar-refractivity contribution is 5.43. The molecular formula is C20H26O5. The molecule has 0 aliphatic rings. The molecule has 5 heteroatoms. The van der Waals surface area contributed by atoms with E-state index < -0.39 is 0 Å². The average Bonchev–Trinajstić information content (AvgIpc) is 2.67. The highest BCUT2D eigenvalue weighted by atomic mass is 16.5. The van der Waals surface area contributed by atoms with Crippen LogP contribution >= 0.6 is 0 Å². The van der Waals surface area contributed by atoms with Crippen molar-refractivity contribution in [3.05, 3.63) is 47.5 Å². The Balaban J connectivity index is 1.78. The molecule has 2 aromatic carbocycles. The summed E-state index contributed by atoms with van der Waals surface area (Å²) in [6.45, 7) is 1.31. The lowest BCUT2D eigenvalue weighted by Gasteiger charge is -2.11. The number of hydrogen-bond acceptors (Lipinski definition) is 5. The van der Waals surface area contributed by atoms with E-state index in [1.165, 1.54) is 0 Å². The summed E-state index contributed by atoms with van der Waals surface area (Å²) < 4.78 is 26.9. The Morgan fingerprint density at radius 1 is 0.560 bits per heavy atom. The second-order valence-corrected chi connectivity index (χ2v) is 5.49. The number of methoxy groups -OCH3 is 4. The molecule has 2 aromatic rings. The van der Waals surface area contributed by atoms with Gasteiger partial charge in [0.2, 0.25) is 0 Å². The zero-order valence-electron chi connectivity index (χ0n) is 15.3. The van der Waals surface area contributed by atoms with Crippen LogP contribution in [0.5, 0.6) is 23.0 Å². The Morgan fingerprint density at radius 3 is 1.32 bits per heavy atom. The summed E-state index contributed by atoms with van der Waals surface area (Å²) in [6.07, 6.45) is 1.65. The van der Waals surface area contributed by atoms with Crippen molar-refractivity contribution in [2.45, 2.75) is 12.8 Å². The van der Waals surface area contributed by atoms with Crippen LogP contribution in [0.15, 0.2) is 36.4 Å². The topological polar surface area (TPSA) is 46.2 Å². The summed E-state index contributed by atoms with van der Waals surface area (Å²) in [5.74, 6) is 2.96. The molecule has 0 N–H and O–H groups in total. The normalized spacial score (nSPS) is 10.4. The smallest absolute Gasteiger partial charge is 0.160 e. The zero-order valence-corrected chi connectivity index (χ0v) is 15.3. The molecule has 0 aromatic heterocycles. The van der Waals surface area contributed by atoms with E-state index in [0.29, 0.717) is 13.2 Å². The molecular weight excluding hydrogens is 320 g/mol. The third kappa shape index (κ3) is 5.29. The first-order valence-corrected chi connectivity index (χ1v) is 8.21. The van der Waals surface area contributed by atoms with Crippen LogP contribution in [0.2, 0.25) is 0 Å². The van der Waals surface area contributed by atoms with E-state index in [0.717, 1.165) is 47.0 Å². The van der Waals surface area contributed by atoms with Crippen molar-refractivity contribution in [1.29, 1.82) is 0 Å². The van der Waals surface area contributed by atoms with Gasteiger partial charge in [0.25, 0.3) is 0 Å². The monoisotopic (exact) mass is 346 g/mol. The van der Waals surface area contributed by atoms with Crippen LogP contribution in [-0.2, 0) is 17.6 Å². The fraction of sp³-hybridized carbons (Fsp3) is 0.400. The van der Waals surface area contributed by atoms with Gasteiger partial charge in [-0.3, -0.25) is 0 Å². The number of ether oxygens (including phenoxy) is 5. The fourth-order valence-corrected chi connectivity index (χ4v) is 2.55. The molecule has 2 rings (SSSR count). The van der Waals surface area contributed by atoms with Gasteiger partial charge in [-0.2, -0.15) is 0 Å². The van der Waals surface area contributed by atoms with E-state index in [1.54, 1.807) is 28.4 Å². The van der Waals surface area contributed by atoms with E-state index in [-0.39, 0.29) is 0 Å². The molecule has 0 unspecified atom stereocenters. The summed E-state index contributed by atoms with van der Waals surface area (Å²) in [7, 11) is 6.55. The molecule has 0 fully saturated rings. The minimum Gasteiger partial charge on any atom is -0.493 e. The standard InChI is InChI=1S/C20H26O5/c1-21-17-7-5-15(13-19(17)23-3)9-11-25-12-10-16-6-8-18(22-2)20(14-16)24-4/h5-8,13-14H,9-12H2,1-4H3. The van der Waals surface area contributed by atoms with Crippen molar-refractivity contribution < 1.29 is 23.7 Å². The second kappa shape index (κ2) is 9.79. The first kappa shape index (κ1) is 18.9. The molecule has 0 aliphatic carbocycles. The van der Waals surface area contributed by atoms with Gasteiger partial charge in [-0.05, 0) is 48.2 Å². The van der Waals surface area contributed by atoms with Gasteiger partial charge in [0.15, 0.2) is 23.0 Å². The van der Waals surface area contributed by atoms with Crippen molar-refractivity contribution in [2.24, 2.45) is 0 Å². The van der Waals surface area contributed by atoms with Crippen LogP contribution in [0.4, 0.5) is 0 Å². The Morgan fingerprint density at radius 2 is 0.960 bits per heavy atom. The highest BCUT2D eigenvalue weighted by Crippen LogP contribution is 2.28. The van der Waals surface area contributed by atoms with Gasteiger partial charge in [-0.15, -0.1) is 0 Å². The van der Waals surface area contributed by atoms with Crippen molar-refractivity contribution >= 4 is 0 Å². The SMILES string of the molecule is COc1ccc(CCOCCc2ccc(OC)c(OC)c2)cc1OC. The Bertz CT molecular complexity index is 612. The molecule has 0 saturated carbocycles. The lowest BCUT2D eigenvalue weighted by Crippen LogP contribution is -2.03. The van der Waals surface area contributed by atoms with Crippen LogP contribution in [0.3, 0.4) is 0 Å². The molecule has 0 bridgehead atoms. The van der Waals surface area contributed by atoms with Crippen LogP contribution in [0.25, 0.3) is 0 Å². The molecule has 0 heterocycles. The Kier molecular flexibility index (Phi) is 7.41. The minimum atomic E-state index is 0.656. The highest BCUT2D eigenvalue weighted by Gasteiger charge is 2.06. The van der Waals surface area contributed by atoms with E-state index in [1.807, 2.05) is 36.4 Å². The molecule has 0 saturated heterocycles. The summed E-state index contributed by atoms with van der Waals surface area (Å²) in [6, 6.07) is 11.8. The van der Waals surface area contributed by atoms with Crippen molar-refractivity contribution in [3.63, 3.8) is 0 Å². The summed E-state index contributed by atoms with van der Waals surface area (Å²) >= 11 is 0. The predicted octanol–water partition coefficient (Wildman–Crippen LogP) is 3.52. The molecule has 0 atom stereocenters. The van der Waals surface area contributed by atoms with Crippen molar-refractivity contribution in [3.8, 4) is 23.0 Å². The molecule has 136 valence electrons. The van der Waals surface area contributed by atoms with Gasteiger partial charge < -0.3 is 23.7 Å². The zero-order chi connectivity index (χ0) is 18.1. The van der Waals surface area contributed by atoms with Crippen LogP contribution in [0.1, 0.15) is 11.1 Å². The first-order valence-electron chi connectivity index (χ1n) is 8.21. The van der Waals surface area contributed by atoms with E-state index in [4.69, 9.17) is 23.7 Å². The summed E-state index contributed by atoms with van der Waals surface area (Å²) in [5, 5.41) is 0. The Labute approximate surface area is 149 Å². The maximum atomic E-state index is 5.76. The maximum absolute atomic E-state index is 5.76. The van der Waals surface area contributed by atoms with Gasteiger partial charge in [-0.25, -0.2) is 0 Å². The van der Waals surface area contributed by atoms with Crippen LogP contribution in [-0.4, -0.2) is 41.7 Å². The lowest BCUT2D eigenvalue weighted by atomic mass is 10.1. The number of benzene rings is 2. The van der Waals surface area contributed by atoms with Crippen molar-refractivity contribution in [2.75, 3.05) is 41.7 Å². The predicted molar refractivity (Wildman–Crippen MR) is 97.3 cm³/mol. The number of hydrogen-bond donors (Lipinski definition) is 0. The van der Waals surface area contributed by atoms with Crippen LogP contribution < -0.4 is 18.9 Å². The molecule has 0 radical (unpaired) electrons. The second-order valence-electron chi connectivity index (χ2n) is 5.49. The van der Waals surface area contributed by atoms with E-state index in [9.17, 15) is 0 Å². The third-order valence-corrected chi connectivity index (χ3v) is 3.97. The van der Waals surface area contributed by atoms with Gasteiger partial charge in [0.1, 0.15) is 0 Å². The van der Waals surface area contributed by atoms with E-state index >= 15 is 0 Å². The molecule has 25 heavy (non-hydrogen) atoms. The summed E-state index contributed by atoms with van der Waals surface area (Å²) in [5.41, 5.74) is 2.31. The maximum Gasteiger partial charge on any atom is 0.160 e. The van der Waals surface area contributed by atoms with E-state index in [2.05, 4.69) is 0 Å². The van der Waals surface area contributed by atoms with Gasteiger partial charge in [0, 0.05) is 0 Å². The lowest BCUT2D eigenvalue weighted by molar-refractivity contribution is 0.140. The average molecular weight is 346 g/mol. The van der Waals surface area contributed by atoms with Gasteiger partial charge in [-0.1, -0.05) is 12.1 Å². The molecule has 0 aliphatic heterocycles. The first-order chi connectivity index (χ1) is 12.2. The minimum absolute atomic E-state index is 0.656. The summed E-state index contributed by atoms with van der Waals surface area (Å²) in [4.78, 5) is 0.